The molecule has 0 bridgehead atoms. The molecule has 2 amide bonds. The lowest BCUT2D eigenvalue weighted by Gasteiger charge is -2.26. The van der Waals surface area contributed by atoms with Crippen molar-refractivity contribution in [1.29, 1.82) is 0 Å². The van der Waals surface area contributed by atoms with Gasteiger partial charge in [0, 0.05) is 31.6 Å². The van der Waals surface area contributed by atoms with Gasteiger partial charge in [-0.1, -0.05) is 13.8 Å². The normalized spacial score (nSPS) is 20.9. The highest BCUT2D eigenvalue weighted by Crippen LogP contribution is 2.43. The van der Waals surface area contributed by atoms with E-state index < -0.39 is 5.79 Å². The van der Waals surface area contributed by atoms with Gasteiger partial charge in [-0.3, -0.25) is 0 Å². The first-order valence-corrected chi connectivity index (χ1v) is 5.95. The number of urea groups is 1. The molecular weight excluding hydrogens is 232 g/mol. The summed E-state index contributed by atoms with van der Waals surface area (Å²) in [6, 6.07) is 5.08. The van der Waals surface area contributed by atoms with E-state index in [9.17, 15) is 4.79 Å². The molecule has 1 aromatic carbocycles. The van der Waals surface area contributed by atoms with Crippen molar-refractivity contribution in [2.75, 3.05) is 12.4 Å². The van der Waals surface area contributed by atoms with Crippen LogP contribution in [0.4, 0.5) is 10.5 Å². The molecule has 2 rings (SSSR count). The molecule has 1 aliphatic heterocycles. The van der Waals surface area contributed by atoms with Gasteiger partial charge in [0.15, 0.2) is 11.5 Å². The third-order valence-electron chi connectivity index (χ3n) is 3.10. The number of hydrogen-bond acceptors (Lipinski definition) is 3. The summed E-state index contributed by atoms with van der Waals surface area (Å²) in [7, 11) is 1.57. The molecule has 0 aromatic heterocycles. The van der Waals surface area contributed by atoms with Gasteiger partial charge >= 0.3 is 6.03 Å². The lowest BCUT2D eigenvalue weighted by Crippen LogP contribution is -2.40. The second-order valence-electron chi connectivity index (χ2n) is 4.74. The first-order chi connectivity index (χ1) is 8.44. The van der Waals surface area contributed by atoms with Crippen LogP contribution in [-0.4, -0.2) is 18.9 Å². The Morgan fingerprint density at radius 2 is 1.94 bits per heavy atom. The van der Waals surface area contributed by atoms with Crippen molar-refractivity contribution in [3.05, 3.63) is 18.2 Å². The minimum Gasteiger partial charge on any atom is -0.448 e. The van der Waals surface area contributed by atoms with E-state index in [-0.39, 0.29) is 11.9 Å². The van der Waals surface area contributed by atoms with Gasteiger partial charge in [-0.25, -0.2) is 4.79 Å². The Hall–Kier alpha value is -1.91. The molecule has 0 fully saturated rings. The van der Waals surface area contributed by atoms with Gasteiger partial charge in [-0.15, -0.1) is 0 Å². The van der Waals surface area contributed by atoms with Gasteiger partial charge in [0.05, 0.1) is 0 Å². The van der Waals surface area contributed by atoms with Crippen LogP contribution in [0.25, 0.3) is 0 Å². The van der Waals surface area contributed by atoms with Crippen LogP contribution in [0.3, 0.4) is 0 Å². The van der Waals surface area contributed by atoms with Gasteiger partial charge in [0.2, 0.25) is 0 Å². The summed E-state index contributed by atoms with van der Waals surface area (Å²) in [5, 5.41) is 5.19. The van der Waals surface area contributed by atoms with E-state index in [2.05, 4.69) is 10.6 Å². The topological polar surface area (TPSA) is 59.6 Å². The van der Waals surface area contributed by atoms with Crippen LogP contribution < -0.4 is 20.1 Å². The summed E-state index contributed by atoms with van der Waals surface area (Å²) >= 11 is 0. The SMILES string of the molecule is CNC(=O)Nc1ccc2c(c1)OC(C)(C(C)C)O2. The van der Waals surface area contributed by atoms with E-state index in [1.54, 1.807) is 25.2 Å². The molecule has 1 aromatic rings. The number of hydrogen-bond donors (Lipinski definition) is 2. The van der Waals surface area contributed by atoms with Crippen molar-refractivity contribution < 1.29 is 14.3 Å². The van der Waals surface area contributed by atoms with E-state index in [4.69, 9.17) is 9.47 Å². The van der Waals surface area contributed by atoms with Gasteiger partial charge in [0.25, 0.3) is 5.79 Å². The predicted molar refractivity (Wildman–Crippen MR) is 69.0 cm³/mol. The zero-order chi connectivity index (χ0) is 13.3. The zero-order valence-corrected chi connectivity index (χ0v) is 11.0. The number of fused-ring (bicyclic) bond motifs is 1. The Morgan fingerprint density at radius 1 is 1.28 bits per heavy atom. The Labute approximate surface area is 106 Å². The smallest absolute Gasteiger partial charge is 0.318 e. The maximum absolute atomic E-state index is 11.2. The van der Waals surface area contributed by atoms with Crippen LogP contribution in [-0.2, 0) is 0 Å². The number of amides is 2. The first-order valence-electron chi connectivity index (χ1n) is 5.95. The third-order valence-corrected chi connectivity index (χ3v) is 3.10. The van der Waals surface area contributed by atoms with Crippen molar-refractivity contribution in [2.45, 2.75) is 26.6 Å². The number of benzene rings is 1. The predicted octanol–water partition coefficient (Wildman–Crippen LogP) is 2.58. The number of carbonyl (C=O) groups excluding carboxylic acids is 1. The highest BCUT2D eigenvalue weighted by atomic mass is 16.7. The molecule has 0 saturated carbocycles. The van der Waals surface area contributed by atoms with Gasteiger partial charge < -0.3 is 20.1 Å². The second kappa shape index (κ2) is 4.40. The van der Waals surface area contributed by atoms with Crippen molar-refractivity contribution in [2.24, 2.45) is 5.92 Å². The van der Waals surface area contributed by atoms with Crippen LogP contribution in [0.15, 0.2) is 18.2 Å². The molecule has 18 heavy (non-hydrogen) atoms. The maximum Gasteiger partial charge on any atom is 0.318 e. The van der Waals surface area contributed by atoms with E-state index in [0.29, 0.717) is 17.2 Å². The number of carbonyl (C=O) groups is 1. The molecule has 1 aliphatic rings. The summed E-state index contributed by atoms with van der Waals surface area (Å²) in [6.07, 6.45) is 0. The summed E-state index contributed by atoms with van der Waals surface area (Å²) < 4.78 is 11.6. The van der Waals surface area contributed by atoms with E-state index >= 15 is 0 Å². The fourth-order valence-corrected chi connectivity index (χ4v) is 1.64. The van der Waals surface area contributed by atoms with Gasteiger partial charge in [0.1, 0.15) is 0 Å². The van der Waals surface area contributed by atoms with Crippen LogP contribution >= 0.6 is 0 Å². The van der Waals surface area contributed by atoms with Crippen LogP contribution in [0.2, 0.25) is 0 Å². The van der Waals surface area contributed by atoms with Crippen molar-refractivity contribution in [3.63, 3.8) is 0 Å². The van der Waals surface area contributed by atoms with Crippen LogP contribution in [0, 0.1) is 5.92 Å². The highest BCUT2D eigenvalue weighted by molar-refractivity contribution is 5.89. The number of nitrogens with one attached hydrogen (secondary N) is 2. The molecule has 0 aliphatic carbocycles. The Kier molecular flexibility index (Phi) is 3.07. The van der Waals surface area contributed by atoms with Crippen molar-refractivity contribution >= 4 is 11.7 Å². The summed E-state index contributed by atoms with van der Waals surface area (Å²) in [5.74, 6) is 0.933. The molecule has 2 N–H and O–H groups in total. The van der Waals surface area contributed by atoms with Crippen LogP contribution in [0.5, 0.6) is 11.5 Å². The monoisotopic (exact) mass is 250 g/mol. The number of anilines is 1. The Bertz CT molecular complexity index is 473. The average molecular weight is 250 g/mol. The fraction of sp³-hybridized carbons (Fsp3) is 0.462. The highest BCUT2D eigenvalue weighted by Gasteiger charge is 2.39. The Balaban J connectivity index is 2.19. The lowest BCUT2D eigenvalue weighted by atomic mass is 10.1. The molecule has 5 nitrogen and oxygen atoms in total. The molecule has 0 radical (unpaired) electrons. The maximum atomic E-state index is 11.2. The molecule has 1 unspecified atom stereocenters. The Morgan fingerprint density at radius 3 is 2.56 bits per heavy atom. The molecule has 1 heterocycles. The summed E-state index contributed by atoms with van der Waals surface area (Å²) in [6.45, 7) is 5.98. The molecule has 0 spiro atoms. The largest absolute Gasteiger partial charge is 0.448 e. The zero-order valence-electron chi connectivity index (χ0n) is 11.0. The molecule has 1 atom stereocenters. The van der Waals surface area contributed by atoms with Crippen molar-refractivity contribution in [1.82, 2.24) is 5.32 Å². The van der Waals surface area contributed by atoms with E-state index in [1.807, 2.05) is 20.8 Å². The second-order valence-corrected chi connectivity index (χ2v) is 4.74. The fourth-order valence-electron chi connectivity index (χ4n) is 1.64. The molecular formula is C13H18N2O3. The lowest BCUT2D eigenvalue weighted by molar-refractivity contribution is -0.0990. The minimum atomic E-state index is -0.645. The first kappa shape index (κ1) is 12.5. The minimum absolute atomic E-state index is 0.222. The van der Waals surface area contributed by atoms with E-state index in [0.717, 1.165) is 0 Å². The summed E-state index contributed by atoms with van der Waals surface area (Å²) in [5.41, 5.74) is 0.671. The summed E-state index contributed by atoms with van der Waals surface area (Å²) in [4.78, 5) is 11.2. The number of rotatable bonds is 2. The third kappa shape index (κ3) is 2.20. The van der Waals surface area contributed by atoms with Crippen molar-refractivity contribution in [3.8, 4) is 11.5 Å². The van der Waals surface area contributed by atoms with Gasteiger partial charge in [-0.2, -0.15) is 0 Å². The van der Waals surface area contributed by atoms with Crippen LogP contribution in [0.1, 0.15) is 20.8 Å². The van der Waals surface area contributed by atoms with E-state index in [1.165, 1.54) is 0 Å². The average Bonchev–Trinajstić information content (AvgIpc) is 2.66. The van der Waals surface area contributed by atoms with Gasteiger partial charge in [-0.05, 0) is 12.1 Å². The standard InChI is InChI=1S/C13H18N2O3/c1-8(2)13(3)17-10-6-5-9(7-11(10)18-13)15-12(16)14-4/h5-8H,1-4H3,(H2,14,15,16). The molecule has 98 valence electrons. The quantitative estimate of drug-likeness (QED) is 0.848. The number of ether oxygens (including phenoxy) is 2. The molecule has 5 heteroatoms. The molecule has 0 saturated heterocycles.